The summed E-state index contributed by atoms with van der Waals surface area (Å²) < 4.78 is 0. The molecule has 76 valence electrons. The van der Waals surface area contributed by atoms with E-state index >= 15 is 0 Å². The molecule has 0 bridgehead atoms. The molecule has 2 N–H and O–H groups in total. The van der Waals surface area contributed by atoms with Crippen LogP contribution < -0.4 is 5.73 Å². The maximum atomic E-state index is 5.51. The van der Waals surface area contributed by atoms with Gasteiger partial charge in [0.15, 0.2) is 0 Å². The van der Waals surface area contributed by atoms with Gasteiger partial charge in [-0.05, 0) is 19.5 Å². The van der Waals surface area contributed by atoms with Gasteiger partial charge in [0.05, 0.1) is 0 Å². The van der Waals surface area contributed by atoms with Crippen LogP contribution in [0.5, 0.6) is 0 Å². The van der Waals surface area contributed by atoms with Crippen molar-refractivity contribution < 1.29 is 0 Å². The molecule has 1 rings (SSSR count). The van der Waals surface area contributed by atoms with Crippen LogP contribution in [-0.2, 0) is 0 Å². The Hall–Kier alpha value is -0.380. The van der Waals surface area contributed by atoms with Crippen LogP contribution in [0.3, 0.4) is 0 Å². The summed E-state index contributed by atoms with van der Waals surface area (Å²) in [5.41, 5.74) is 6.65. The Morgan fingerprint density at radius 1 is 1.54 bits per heavy atom. The number of likely N-dealkylation sites (N-methyl/N-ethyl adjacent to an activating group) is 1. The van der Waals surface area contributed by atoms with Gasteiger partial charge in [-0.3, -0.25) is 4.90 Å². The standard InChI is InChI=1S/C10H21N3/c1-9(6-11)7-13-5-4-12(3)10(2)8-13/h10H,1,4-8,11H2,2-3H3. The van der Waals surface area contributed by atoms with Crippen LogP contribution in [0.1, 0.15) is 6.92 Å². The number of hydrogen-bond donors (Lipinski definition) is 1. The minimum Gasteiger partial charge on any atom is -0.327 e. The second kappa shape index (κ2) is 4.74. The molecule has 0 amide bonds. The first kappa shape index (κ1) is 10.7. The first-order valence-electron chi connectivity index (χ1n) is 4.92. The van der Waals surface area contributed by atoms with Gasteiger partial charge in [0.1, 0.15) is 0 Å². The van der Waals surface area contributed by atoms with E-state index in [-0.39, 0.29) is 0 Å². The Morgan fingerprint density at radius 2 is 2.23 bits per heavy atom. The molecule has 1 aliphatic heterocycles. The average molecular weight is 183 g/mol. The zero-order valence-electron chi connectivity index (χ0n) is 8.79. The molecule has 1 fully saturated rings. The van der Waals surface area contributed by atoms with Crippen LogP contribution in [0.2, 0.25) is 0 Å². The van der Waals surface area contributed by atoms with Crippen molar-refractivity contribution in [3.8, 4) is 0 Å². The monoisotopic (exact) mass is 183 g/mol. The van der Waals surface area contributed by atoms with Crippen molar-refractivity contribution in [1.29, 1.82) is 0 Å². The van der Waals surface area contributed by atoms with E-state index in [1.165, 1.54) is 0 Å². The third kappa shape index (κ3) is 3.10. The van der Waals surface area contributed by atoms with Crippen LogP contribution in [0.25, 0.3) is 0 Å². The van der Waals surface area contributed by atoms with Gasteiger partial charge in [-0.2, -0.15) is 0 Å². The van der Waals surface area contributed by atoms with Gasteiger partial charge >= 0.3 is 0 Å². The molecule has 1 aliphatic rings. The van der Waals surface area contributed by atoms with Crippen molar-refractivity contribution in [1.82, 2.24) is 9.80 Å². The Balaban J connectivity index is 2.33. The molecule has 0 spiro atoms. The number of nitrogens with two attached hydrogens (primary N) is 1. The van der Waals surface area contributed by atoms with Crippen molar-refractivity contribution >= 4 is 0 Å². The fraction of sp³-hybridized carbons (Fsp3) is 0.800. The highest BCUT2D eigenvalue weighted by atomic mass is 15.3. The van der Waals surface area contributed by atoms with Crippen molar-refractivity contribution in [3.63, 3.8) is 0 Å². The SMILES string of the molecule is C=C(CN)CN1CCN(C)C(C)C1. The van der Waals surface area contributed by atoms with Gasteiger partial charge in [-0.25, -0.2) is 0 Å². The molecule has 13 heavy (non-hydrogen) atoms. The highest BCUT2D eigenvalue weighted by Crippen LogP contribution is 2.07. The molecule has 1 unspecified atom stereocenters. The number of hydrogen-bond acceptors (Lipinski definition) is 3. The Morgan fingerprint density at radius 3 is 2.77 bits per heavy atom. The van der Waals surface area contributed by atoms with E-state index in [1.807, 2.05) is 0 Å². The molecule has 1 atom stereocenters. The average Bonchev–Trinajstić information content (AvgIpc) is 2.11. The second-order valence-corrected chi connectivity index (χ2v) is 4.02. The summed E-state index contributed by atoms with van der Waals surface area (Å²) in [4.78, 5) is 4.82. The Kier molecular flexibility index (Phi) is 3.90. The first-order valence-corrected chi connectivity index (χ1v) is 4.92. The van der Waals surface area contributed by atoms with Crippen LogP contribution in [-0.4, -0.2) is 55.6 Å². The lowest BCUT2D eigenvalue weighted by molar-refractivity contribution is 0.112. The van der Waals surface area contributed by atoms with Gasteiger partial charge in [0.25, 0.3) is 0 Å². The van der Waals surface area contributed by atoms with E-state index in [9.17, 15) is 0 Å². The van der Waals surface area contributed by atoms with E-state index < -0.39 is 0 Å². The summed E-state index contributed by atoms with van der Waals surface area (Å²) >= 11 is 0. The van der Waals surface area contributed by atoms with Crippen LogP contribution in [0, 0.1) is 0 Å². The van der Waals surface area contributed by atoms with Crippen molar-refractivity contribution in [3.05, 3.63) is 12.2 Å². The molecule has 0 aromatic carbocycles. The maximum Gasteiger partial charge on any atom is 0.0203 e. The third-order valence-corrected chi connectivity index (χ3v) is 2.78. The van der Waals surface area contributed by atoms with E-state index in [2.05, 4.69) is 30.4 Å². The molecule has 1 heterocycles. The molecule has 0 aromatic rings. The normalized spacial score (nSPS) is 26.2. The molecule has 1 saturated heterocycles. The third-order valence-electron chi connectivity index (χ3n) is 2.78. The van der Waals surface area contributed by atoms with E-state index in [1.54, 1.807) is 0 Å². The van der Waals surface area contributed by atoms with Crippen molar-refractivity contribution in [2.24, 2.45) is 5.73 Å². The van der Waals surface area contributed by atoms with Gasteiger partial charge < -0.3 is 10.6 Å². The minimum absolute atomic E-state index is 0.612. The summed E-state index contributed by atoms with van der Waals surface area (Å²) in [6.07, 6.45) is 0. The molecule has 0 saturated carbocycles. The smallest absolute Gasteiger partial charge is 0.0203 e. The van der Waals surface area contributed by atoms with E-state index in [0.717, 1.165) is 31.8 Å². The van der Waals surface area contributed by atoms with Crippen LogP contribution in [0.15, 0.2) is 12.2 Å². The van der Waals surface area contributed by atoms with Crippen LogP contribution >= 0.6 is 0 Å². The molecule has 3 heteroatoms. The Bertz CT molecular complexity index is 179. The lowest BCUT2D eigenvalue weighted by atomic mass is 10.2. The van der Waals surface area contributed by atoms with Gasteiger partial charge in [-0.15, -0.1) is 0 Å². The largest absolute Gasteiger partial charge is 0.327 e. The highest BCUT2D eigenvalue weighted by Gasteiger charge is 2.20. The first-order chi connectivity index (χ1) is 6.13. The molecular weight excluding hydrogens is 162 g/mol. The van der Waals surface area contributed by atoms with Gasteiger partial charge in [-0.1, -0.05) is 6.58 Å². The van der Waals surface area contributed by atoms with Gasteiger partial charge in [0.2, 0.25) is 0 Å². The number of nitrogens with zero attached hydrogens (tertiary/aromatic N) is 2. The summed E-state index contributed by atoms with van der Waals surface area (Å²) in [6.45, 7) is 11.2. The predicted molar refractivity (Wildman–Crippen MR) is 56.7 cm³/mol. The summed E-state index contributed by atoms with van der Waals surface area (Å²) in [5, 5.41) is 0. The lowest BCUT2D eigenvalue weighted by Crippen LogP contribution is -2.50. The van der Waals surface area contributed by atoms with E-state index in [0.29, 0.717) is 12.6 Å². The zero-order valence-corrected chi connectivity index (χ0v) is 8.79. The van der Waals surface area contributed by atoms with Crippen molar-refractivity contribution in [2.45, 2.75) is 13.0 Å². The molecule has 0 aliphatic carbocycles. The molecule has 0 radical (unpaired) electrons. The quantitative estimate of drug-likeness (QED) is 0.632. The topological polar surface area (TPSA) is 32.5 Å². The minimum atomic E-state index is 0.612. The zero-order chi connectivity index (χ0) is 9.84. The fourth-order valence-corrected chi connectivity index (χ4v) is 1.65. The number of piperazine rings is 1. The van der Waals surface area contributed by atoms with Gasteiger partial charge in [0, 0.05) is 38.8 Å². The summed E-state index contributed by atoms with van der Waals surface area (Å²) in [6, 6.07) is 0.652. The molecular formula is C10H21N3. The lowest BCUT2D eigenvalue weighted by Gasteiger charge is -2.37. The maximum absolute atomic E-state index is 5.51. The Labute approximate surface area is 81.2 Å². The fourth-order valence-electron chi connectivity index (χ4n) is 1.65. The second-order valence-electron chi connectivity index (χ2n) is 4.02. The number of rotatable bonds is 3. The van der Waals surface area contributed by atoms with E-state index in [4.69, 9.17) is 5.73 Å². The summed E-state index contributed by atoms with van der Waals surface area (Å²) in [7, 11) is 2.18. The van der Waals surface area contributed by atoms with Crippen LogP contribution in [0.4, 0.5) is 0 Å². The van der Waals surface area contributed by atoms with Crippen molar-refractivity contribution in [2.75, 3.05) is 39.8 Å². The highest BCUT2D eigenvalue weighted by molar-refractivity contribution is 4.99. The molecule has 0 aromatic heterocycles. The summed E-state index contributed by atoms with van der Waals surface area (Å²) in [5.74, 6) is 0. The molecule has 3 nitrogen and oxygen atoms in total. The predicted octanol–water partition coefficient (Wildman–Crippen LogP) is 0.137.